The first-order valence-electron chi connectivity index (χ1n) is 6.06. The third-order valence-corrected chi connectivity index (χ3v) is 3.70. The lowest BCUT2D eigenvalue weighted by molar-refractivity contribution is 0.116. The van der Waals surface area contributed by atoms with Gasteiger partial charge in [-0.15, -0.1) is 22.0 Å². The van der Waals surface area contributed by atoms with Crippen molar-refractivity contribution in [2.45, 2.75) is 13.0 Å². The fourth-order valence-corrected chi connectivity index (χ4v) is 2.59. The van der Waals surface area contributed by atoms with Gasteiger partial charge in [0.05, 0.1) is 5.88 Å². The van der Waals surface area contributed by atoms with Crippen molar-refractivity contribution < 1.29 is 17.6 Å². The van der Waals surface area contributed by atoms with Crippen molar-refractivity contribution in [2.24, 2.45) is 0 Å². The normalized spacial score (nSPS) is 14.4. The summed E-state index contributed by atoms with van der Waals surface area (Å²) in [7, 11) is 0. The number of alkyl halides is 2. The molecule has 3 rings (SSSR count). The molecule has 0 spiro atoms. The lowest BCUT2D eigenvalue weighted by Crippen LogP contribution is -2.13. The topological polar surface area (TPSA) is 42.2 Å². The minimum atomic E-state index is -2.84. The van der Waals surface area contributed by atoms with E-state index in [1.165, 1.54) is 6.07 Å². The van der Waals surface area contributed by atoms with E-state index in [0.29, 0.717) is 12.1 Å². The third-order valence-electron chi connectivity index (χ3n) is 2.91. The molecular weight excluding hydrogens is 303 g/mol. The number of thioether (sulfide) groups is 1. The predicted octanol–water partition coefficient (Wildman–Crippen LogP) is 3.79. The number of aromatic nitrogens is 2. The van der Waals surface area contributed by atoms with Crippen LogP contribution in [-0.4, -0.2) is 21.0 Å². The van der Waals surface area contributed by atoms with E-state index in [1.807, 2.05) is 16.5 Å². The molecule has 0 radical (unpaired) electrons. The average Bonchev–Trinajstić information content (AvgIpc) is 3.12. The fraction of sp³-hybridized carbons (Fsp3) is 0.231. The highest BCUT2D eigenvalue weighted by atomic mass is 32.2. The molecular formula is C13H10F3N3OS. The second kappa shape index (κ2) is 5.80. The van der Waals surface area contributed by atoms with Crippen LogP contribution in [0.1, 0.15) is 17.9 Å². The van der Waals surface area contributed by atoms with Crippen molar-refractivity contribution in [1.29, 1.82) is 0 Å². The SMILES string of the molecule is Fc1cc(-c2nnc(C(F)F)o2)ccc1CN1C=CSC1. The molecule has 0 atom stereocenters. The van der Waals surface area contributed by atoms with Gasteiger partial charge >= 0.3 is 6.43 Å². The van der Waals surface area contributed by atoms with E-state index in [4.69, 9.17) is 4.42 Å². The minimum Gasteiger partial charge on any atom is -0.415 e. The van der Waals surface area contributed by atoms with Gasteiger partial charge in [0.15, 0.2) is 0 Å². The molecule has 1 aliphatic rings. The summed E-state index contributed by atoms with van der Waals surface area (Å²) in [6.45, 7) is 0.446. The first-order valence-corrected chi connectivity index (χ1v) is 7.11. The van der Waals surface area contributed by atoms with Gasteiger partial charge in [-0.05, 0) is 17.5 Å². The van der Waals surface area contributed by atoms with Crippen molar-refractivity contribution >= 4 is 11.8 Å². The summed E-state index contributed by atoms with van der Waals surface area (Å²) in [5, 5.41) is 8.65. The minimum absolute atomic E-state index is 0.118. The smallest absolute Gasteiger partial charge is 0.314 e. The van der Waals surface area contributed by atoms with Gasteiger partial charge in [-0.1, -0.05) is 6.07 Å². The molecule has 110 valence electrons. The largest absolute Gasteiger partial charge is 0.415 e. The van der Waals surface area contributed by atoms with Crippen molar-refractivity contribution in [3.8, 4) is 11.5 Å². The van der Waals surface area contributed by atoms with Crippen LogP contribution in [0.2, 0.25) is 0 Å². The Labute approximate surface area is 122 Å². The zero-order valence-electron chi connectivity index (χ0n) is 10.7. The van der Waals surface area contributed by atoms with Gasteiger partial charge in [-0.2, -0.15) is 8.78 Å². The molecule has 21 heavy (non-hydrogen) atoms. The zero-order chi connectivity index (χ0) is 14.8. The number of benzene rings is 1. The fourth-order valence-electron chi connectivity index (χ4n) is 1.88. The van der Waals surface area contributed by atoms with Crippen molar-refractivity contribution in [3.05, 3.63) is 47.1 Å². The molecule has 0 amide bonds. The molecule has 0 N–H and O–H groups in total. The van der Waals surface area contributed by atoms with E-state index in [-0.39, 0.29) is 11.5 Å². The summed E-state index contributed by atoms with van der Waals surface area (Å²) in [6.07, 6.45) is -0.944. The summed E-state index contributed by atoms with van der Waals surface area (Å²) in [4.78, 5) is 1.96. The van der Waals surface area contributed by atoms with Crippen LogP contribution in [0.5, 0.6) is 0 Å². The predicted molar refractivity (Wildman–Crippen MR) is 71.8 cm³/mol. The van der Waals surface area contributed by atoms with Gasteiger partial charge in [-0.25, -0.2) is 4.39 Å². The van der Waals surface area contributed by atoms with E-state index in [1.54, 1.807) is 23.9 Å². The maximum atomic E-state index is 14.1. The standard InChI is InChI=1S/C13H10F3N3OS/c14-10-5-8(12-17-18-13(20-12)11(15)16)1-2-9(10)6-19-3-4-21-7-19/h1-5,11H,6-7H2. The molecule has 4 nitrogen and oxygen atoms in total. The van der Waals surface area contributed by atoms with E-state index in [0.717, 1.165) is 5.88 Å². The molecule has 0 fully saturated rings. The Morgan fingerprint density at radius 2 is 2.19 bits per heavy atom. The Morgan fingerprint density at radius 3 is 2.81 bits per heavy atom. The highest BCUT2D eigenvalue weighted by Crippen LogP contribution is 2.26. The number of hydrogen-bond donors (Lipinski definition) is 0. The number of rotatable bonds is 4. The molecule has 1 aromatic heterocycles. The van der Waals surface area contributed by atoms with Gasteiger partial charge in [0.1, 0.15) is 5.82 Å². The van der Waals surface area contributed by atoms with Crippen molar-refractivity contribution in [2.75, 3.05) is 5.88 Å². The quantitative estimate of drug-likeness (QED) is 0.859. The summed E-state index contributed by atoms with van der Waals surface area (Å²) in [5.41, 5.74) is 0.793. The highest BCUT2D eigenvalue weighted by Gasteiger charge is 2.18. The van der Waals surface area contributed by atoms with Crippen LogP contribution in [0.25, 0.3) is 11.5 Å². The Balaban J connectivity index is 1.81. The van der Waals surface area contributed by atoms with Crippen LogP contribution in [0, 0.1) is 5.82 Å². The second-order valence-electron chi connectivity index (χ2n) is 4.38. The van der Waals surface area contributed by atoms with Crippen LogP contribution in [0.4, 0.5) is 13.2 Å². The molecule has 0 unspecified atom stereocenters. The molecule has 0 saturated carbocycles. The molecule has 2 aromatic rings. The summed E-state index contributed by atoms with van der Waals surface area (Å²) in [6, 6.07) is 4.38. The average molecular weight is 313 g/mol. The molecule has 0 bridgehead atoms. The Morgan fingerprint density at radius 1 is 1.33 bits per heavy atom. The van der Waals surface area contributed by atoms with Gasteiger partial charge < -0.3 is 9.32 Å². The molecule has 1 aromatic carbocycles. The maximum Gasteiger partial charge on any atom is 0.314 e. The molecule has 0 saturated heterocycles. The molecule has 2 heterocycles. The monoisotopic (exact) mass is 313 g/mol. The molecule has 0 aliphatic carbocycles. The van der Waals surface area contributed by atoms with Gasteiger partial charge in [0.25, 0.3) is 5.89 Å². The van der Waals surface area contributed by atoms with Crippen molar-refractivity contribution in [1.82, 2.24) is 15.1 Å². The summed E-state index contributed by atoms with van der Waals surface area (Å²) < 4.78 is 43.6. The van der Waals surface area contributed by atoms with Crippen LogP contribution in [0.15, 0.2) is 34.2 Å². The lowest BCUT2D eigenvalue weighted by atomic mass is 10.1. The second-order valence-corrected chi connectivity index (χ2v) is 5.24. The summed E-state index contributed by atoms with van der Waals surface area (Å²) in [5.74, 6) is -0.543. The first-order chi connectivity index (χ1) is 10.1. The van der Waals surface area contributed by atoms with Crippen LogP contribution in [-0.2, 0) is 6.54 Å². The first kappa shape index (κ1) is 14.0. The van der Waals surface area contributed by atoms with Gasteiger partial charge in [0.2, 0.25) is 5.89 Å². The van der Waals surface area contributed by atoms with Crippen LogP contribution in [0.3, 0.4) is 0 Å². The number of nitrogens with zero attached hydrogens (tertiary/aromatic N) is 3. The number of halogens is 3. The van der Waals surface area contributed by atoms with E-state index >= 15 is 0 Å². The van der Waals surface area contributed by atoms with Gasteiger partial charge in [0, 0.05) is 23.9 Å². The maximum absolute atomic E-state index is 14.1. The molecule has 1 aliphatic heterocycles. The summed E-state index contributed by atoms with van der Waals surface area (Å²) >= 11 is 1.63. The van der Waals surface area contributed by atoms with Crippen LogP contribution >= 0.6 is 11.8 Å². The van der Waals surface area contributed by atoms with Crippen molar-refractivity contribution in [3.63, 3.8) is 0 Å². The number of hydrogen-bond acceptors (Lipinski definition) is 5. The molecule has 8 heteroatoms. The Kier molecular flexibility index (Phi) is 3.87. The van der Waals surface area contributed by atoms with E-state index in [2.05, 4.69) is 10.2 Å². The highest BCUT2D eigenvalue weighted by molar-refractivity contribution is 8.02. The van der Waals surface area contributed by atoms with Crippen LogP contribution < -0.4 is 0 Å². The Hall–Kier alpha value is -1.96. The van der Waals surface area contributed by atoms with E-state index in [9.17, 15) is 13.2 Å². The zero-order valence-corrected chi connectivity index (χ0v) is 11.5. The Bertz CT molecular complexity index is 674. The van der Waals surface area contributed by atoms with Gasteiger partial charge in [-0.3, -0.25) is 0 Å². The third kappa shape index (κ3) is 3.05. The lowest BCUT2D eigenvalue weighted by Gasteiger charge is -2.15. The van der Waals surface area contributed by atoms with E-state index < -0.39 is 18.1 Å².